The fraction of sp³-hybridized carbons (Fsp3) is 0.409. The second-order valence-electron chi connectivity index (χ2n) is 6.81. The van der Waals surface area contributed by atoms with Crippen molar-refractivity contribution in [1.82, 2.24) is 5.32 Å². The smallest absolute Gasteiger partial charge is 0.441 e. The monoisotopic (exact) mass is 486 g/mol. The molecule has 0 aliphatic heterocycles. The van der Waals surface area contributed by atoms with Gasteiger partial charge in [0.25, 0.3) is 0 Å². The molecule has 2 aromatic rings. The summed E-state index contributed by atoms with van der Waals surface area (Å²) in [7, 11) is 0.774. The number of halogens is 3. The third-order valence-electron chi connectivity index (χ3n) is 4.71. The van der Waals surface area contributed by atoms with Crippen molar-refractivity contribution in [3.05, 3.63) is 40.8 Å². The summed E-state index contributed by atoms with van der Waals surface area (Å²) in [6, 6.07) is 8.64. The van der Waals surface area contributed by atoms with Crippen molar-refractivity contribution in [2.24, 2.45) is 0 Å². The van der Waals surface area contributed by atoms with Crippen LogP contribution >= 0.6 is 11.3 Å². The summed E-state index contributed by atoms with van der Waals surface area (Å²) < 4.78 is 52.4. The molecule has 1 amide bonds. The third kappa shape index (κ3) is 5.29. The van der Waals surface area contributed by atoms with E-state index in [2.05, 4.69) is 10.1 Å². The maximum absolute atomic E-state index is 14.3. The molecule has 1 heterocycles. The van der Waals surface area contributed by atoms with Crippen LogP contribution in [0.15, 0.2) is 30.3 Å². The van der Waals surface area contributed by atoms with Crippen molar-refractivity contribution in [2.75, 3.05) is 19.0 Å². The summed E-state index contributed by atoms with van der Waals surface area (Å²) in [6.07, 6.45) is -5.23. The van der Waals surface area contributed by atoms with Gasteiger partial charge < -0.3 is 20.1 Å². The number of amides is 1. The molecular formula is C22H25F3N2O5S. The van der Waals surface area contributed by atoms with Gasteiger partial charge in [-0.25, -0.2) is 9.59 Å². The second kappa shape index (κ2) is 10.7. The molecule has 0 radical (unpaired) electrons. The minimum atomic E-state index is -5.31. The summed E-state index contributed by atoms with van der Waals surface area (Å²) in [5.74, 6) is -3.68. The summed E-state index contributed by atoms with van der Waals surface area (Å²) >= 11 is 0.870. The minimum absolute atomic E-state index is 0.0161. The molecule has 0 spiro atoms. The number of thiophene rings is 1. The molecule has 33 heavy (non-hydrogen) atoms. The summed E-state index contributed by atoms with van der Waals surface area (Å²) in [5, 5.41) is 3.54. The Morgan fingerprint density at radius 1 is 1.06 bits per heavy atom. The Morgan fingerprint density at radius 2 is 1.70 bits per heavy atom. The van der Waals surface area contributed by atoms with Gasteiger partial charge in [0.05, 0.1) is 13.7 Å². The summed E-state index contributed by atoms with van der Waals surface area (Å²) in [5.41, 5.74) is -2.78. The zero-order chi connectivity index (χ0) is 24.8. The number of carbonyl (C=O) groups excluding carboxylic acids is 3. The normalized spacial score (nSPS) is 13.1. The van der Waals surface area contributed by atoms with Crippen LogP contribution in [0.5, 0.6) is 0 Å². The number of hydrogen-bond acceptors (Lipinski definition) is 7. The van der Waals surface area contributed by atoms with Gasteiger partial charge in [0.1, 0.15) is 10.6 Å². The van der Waals surface area contributed by atoms with Crippen LogP contribution in [0.25, 0.3) is 11.1 Å². The fourth-order valence-corrected chi connectivity index (χ4v) is 4.34. The molecule has 1 aromatic carbocycles. The molecule has 11 heteroatoms. The van der Waals surface area contributed by atoms with Gasteiger partial charge in [0.15, 0.2) is 0 Å². The number of carbonyl (C=O) groups is 3. The zero-order valence-corrected chi connectivity index (χ0v) is 19.4. The van der Waals surface area contributed by atoms with E-state index in [0.717, 1.165) is 18.4 Å². The van der Waals surface area contributed by atoms with E-state index < -0.39 is 29.7 Å². The van der Waals surface area contributed by atoms with Crippen LogP contribution in [0.1, 0.15) is 42.4 Å². The van der Waals surface area contributed by atoms with E-state index in [0.29, 0.717) is 22.4 Å². The standard InChI is InChI=1S/C22H25F3N2O5S/c1-5-14-16(13-11-9-8-10-12-13)17(19(29)32-7-3)18(33-14)27-21(20(30)31-4,22(23,24)25)26-15(28)6-2/h8-12,27H,5-7H2,1-4H3,(H,26,28). The maximum Gasteiger partial charge on any atom is 0.441 e. The number of anilines is 1. The molecule has 0 saturated carbocycles. The number of nitrogens with one attached hydrogen (secondary N) is 2. The molecule has 0 saturated heterocycles. The molecule has 180 valence electrons. The maximum atomic E-state index is 14.3. The van der Waals surface area contributed by atoms with Gasteiger partial charge in [-0.3, -0.25) is 4.79 Å². The minimum Gasteiger partial charge on any atom is -0.466 e. The van der Waals surface area contributed by atoms with E-state index in [9.17, 15) is 27.6 Å². The number of benzene rings is 1. The van der Waals surface area contributed by atoms with Crippen LogP contribution in [0.2, 0.25) is 0 Å². The summed E-state index contributed by atoms with van der Waals surface area (Å²) in [6.45, 7) is 4.67. The Labute approximate surface area is 193 Å². The Hall–Kier alpha value is -3.08. The second-order valence-corrected chi connectivity index (χ2v) is 7.92. The van der Waals surface area contributed by atoms with Gasteiger partial charge in [0, 0.05) is 16.9 Å². The van der Waals surface area contributed by atoms with Gasteiger partial charge in [-0.15, -0.1) is 11.3 Å². The first-order valence-corrected chi connectivity index (χ1v) is 11.0. The first-order chi connectivity index (χ1) is 15.6. The van der Waals surface area contributed by atoms with Crippen molar-refractivity contribution in [3.63, 3.8) is 0 Å². The Kier molecular flexibility index (Phi) is 8.48. The van der Waals surface area contributed by atoms with Crippen LogP contribution in [-0.2, 0) is 25.5 Å². The molecule has 1 unspecified atom stereocenters. The third-order valence-corrected chi connectivity index (χ3v) is 5.96. The van der Waals surface area contributed by atoms with Crippen LogP contribution in [-0.4, -0.2) is 43.4 Å². The average molecular weight is 487 g/mol. The van der Waals surface area contributed by atoms with Crippen molar-refractivity contribution >= 4 is 34.2 Å². The zero-order valence-electron chi connectivity index (χ0n) is 18.6. The van der Waals surface area contributed by atoms with Crippen LogP contribution in [0.4, 0.5) is 18.2 Å². The highest BCUT2D eigenvalue weighted by Crippen LogP contribution is 2.44. The predicted molar refractivity (Wildman–Crippen MR) is 118 cm³/mol. The highest BCUT2D eigenvalue weighted by molar-refractivity contribution is 7.17. The quantitative estimate of drug-likeness (QED) is 0.400. The summed E-state index contributed by atoms with van der Waals surface area (Å²) in [4.78, 5) is 37.9. The largest absolute Gasteiger partial charge is 0.466 e. The average Bonchev–Trinajstić information content (AvgIpc) is 3.15. The molecular weight excluding hydrogens is 461 g/mol. The first-order valence-electron chi connectivity index (χ1n) is 10.2. The SMILES string of the molecule is CCOC(=O)c1c(NC(NC(=O)CC)(C(=O)OC)C(F)(F)F)sc(CC)c1-c1ccccc1. The van der Waals surface area contributed by atoms with Gasteiger partial charge in [-0.1, -0.05) is 44.2 Å². The van der Waals surface area contributed by atoms with E-state index in [1.165, 1.54) is 6.92 Å². The number of esters is 2. The van der Waals surface area contributed by atoms with Crippen molar-refractivity contribution in [2.45, 2.75) is 45.5 Å². The van der Waals surface area contributed by atoms with Gasteiger partial charge in [-0.05, 0) is 18.9 Å². The molecule has 0 bridgehead atoms. The molecule has 0 aliphatic carbocycles. The van der Waals surface area contributed by atoms with Crippen molar-refractivity contribution < 1.29 is 37.0 Å². The fourth-order valence-electron chi connectivity index (χ4n) is 3.14. The van der Waals surface area contributed by atoms with Crippen LogP contribution < -0.4 is 10.6 Å². The van der Waals surface area contributed by atoms with E-state index in [-0.39, 0.29) is 23.6 Å². The lowest BCUT2D eigenvalue weighted by Crippen LogP contribution is -2.69. The molecule has 2 N–H and O–H groups in total. The molecule has 0 aliphatic rings. The number of ether oxygens (including phenoxy) is 2. The lowest BCUT2D eigenvalue weighted by atomic mass is 9.99. The molecule has 2 rings (SSSR count). The lowest BCUT2D eigenvalue weighted by Gasteiger charge is -2.34. The van der Waals surface area contributed by atoms with E-state index in [1.54, 1.807) is 49.5 Å². The van der Waals surface area contributed by atoms with E-state index in [4.69, 9.17) is 4.74 Å². The Bertz CT molecular complexity index is 1010. The Balaban J connectivity index is 2.82. The number of alkyl halides is 3. The van der Waals surface area contributed by atoms with Gasteiger partial charge in [0.2, 0.25) is 5.91 Å². The van der Waals surface area contributed by atoms with Crippen LogP contribution in [0.3, 0.4) is 0 Å². The Morgan fingerprint density at radius 3 is 2.18 bits per heavy atom. The first kappa shape index (κ1) is 26.2. The topological polar surface area (TPSA) is 93.7 Å². The molecule has 1 aromatic heterocycles. The molecule has 7 nitrogen and oxygen atoms in total. The predicted octanol–water partition coefficient (Wildman–Crippen LogP) is 4.52. The highest BCUT2D eigenvalue weighted by Gasteiger charge is 2.64. The van der Waals surface area contributed by atoms with E-state index in [1.807, 2.05) is 0 Å². The number of rotatable bonds is 9. The highest BCUT2D eigenvalue weighted by atomic mass is 32.1. The lowest BCUT2D eigenvalue weighted by molar-refractivity contribution is -0.206. The number of aryl methyl sites for hydroxylation is 1. The number of methoxy groups -OCH3 is 1. The number of hydrogen-bond donors (Lipinski definition) is 2. The van der Waals surface area contributed by atoms with Crippen molar-refractivity contribution in [3.8, 4) is 11.1 Å². The van der Waals surface area contributed by atoms with E-state index >= 15 is 0 Å². The molecule has 0 fully saturated rings. The van der Waals surface area contributed by atoms with Crippen molar-refractivity contribution in [1.29, 1.82) is 0 Å². The van der Waals surface area contributed by atoms with Gasteiger partial charge >= 0.3 is 23.8 Å². The molecule has 1 atom stereocenters. The van der Waals surface area contributed by atoms with Gasteiger partial charge in [-0.2, -0.15) is 13.2 Å². The van der Waals surface area contributed by atoms with Crippen LogP contribution in [0, 0.1) is 0 Å².